The van der Waals surface area contributed by atoms with E-state index in [0.29, 0.717) is 16.8 Å². The van der Waals surface area contributed by atoms with Gasteiger partial charge in [0.15, 0.2) is 0 Å². The smallest absolute Gasteiger partial charge is 0.871 e. The van der Waals surface area contributed by atoms with E-state index in [1.54, 1.807) is 49.4 Å². The molecule has 0 saturated heterocycles. The summed E-state index contributed by atoms with van der Waals surface area (Å²) in [6.45, 7) is 1.58. The predicted octanol–water partition coefficient (Wildman–Crippen LogP) is 7.22. The molecule has 49 heavy (non-hydrogen) atoms. The van der Waals surface area contributed by atoms with Gasteiger partial charge in [-0.3, -0.25) is 20.2 Å². The van der Waals surface area contributed by atoms with Crippen molar-refractivity contribution in [3.63, 3.8) is 0 Å². The molecule has 0 unspecified atom stereocenters. The van der Waals surface area contributed by atoms with Crippen molar-refractivity contribution in [2.24, 2.45) is 20.5 Å². The maximum Gasteiger partial charge on any atom is 3.00 e. The number of nitro groups is 2. The van der Waals surface area contributed by atoms with Crippen LogP contribution in [0.4, 0.5) is 34.1 Å². The number of phenolic OH excluding ortho intramolecular Hbond substituents is 2. The monoisotopic (exact) mass is 705 g/mol. The molecule has 0 aliphatic rings. The molecule has 16 nitrogen and oxygen atoms in total. The van der Waals surface area contributed by atoms with Gasteiger partial charge < -0.3 is 20.4 Å². The minimum atomic E-state index is -0.643. The van der Waals surface area contributed by atoms with E-state index in [4.69, 9.17) is 0 Å². The zero-order valence-electron chi connectivity index (χ0n) is 25.1. The summed E-state index contributed by atoms with van der Waals surface area (Å²) in [6.07, 6.45) is 0. The van der Waals surface area contributed by atoms with Crippen LogP contribution in [0.2, 0.25) is 0 Å². The Labute approximate surface area is 286 Å². The second kappa shape index (κ2) is 15.2. The van der Waals surface area contributed by atoms with Gasteiger partial charge in [0.1, 0.15) is 28.6 Å². The molecule has 0 radical (unpaired) electrons. The van der Waals surface area contributed by atoms with Crippen molar-refractivity contribution < 1.29 is 47.1 Å². The van der Waals surface area contributed by atoms with Gasteiger partial charge in [-0.1, -0.05) is 60.3 Å². The zero-order chi connectivity index (χ0) is 34.4. The number of aromatic nitrogens is 2. The number of aromatic hydroxyl groups is 2. The first-order valence-electron chi connectivity index (χ1n) is 13.8. The van der Waals surface area contributed by atoms with Crippen LogP contribution in [0.25, 0.3) is 16.5 Å². The van der Waals surface area contributed by atoms with Crippen molar-refractivity contribution in [1.29, 1.82) is 0 Å². The second-order valence-corrected chi connectivity index (χ2v) is 9.88. The van der Waals surface area contributed by atoms with E-state index in [-0.39, 0.29) is 62.4 Å². The predicted molar refractivity (Wildman–Crippen MR) is 169 cm³/mol. The Morgan fingerprint density at radius 2 is 1.24 bits per heavy atom. The third kappa shape index (κ3) is 7.99. The van der Waals surface area contributed by atoms with Crippen LogP contribution in [0.3, 0.4) is 0 Å². The molecule has 0 spiro atoms. The third-order valence-electron chi connectivity index (χ3n) is 6.71. The van der Waals surface area contributed by atoms with E-state index in [1.165, 1.54) is 22.9 Å². The fraction of sp³-hybridized carbons (Fsp3) is 0.0312. The Bertz CT molecular complexity index is 2230. The van der Waals surface area contributed by atoms with Crippen LogP contribution in [-0.2, 0) is 16.8 Å². The van der Waals surface area contributed by atoms with Crippen LogP contribution in [0, 0.1) is 27.2 Å². The number of azo groups is 2. The van der Waals surface area contributed by atoms with Gasteiger partial charge in [0.2, 0.25) is 0 Å². The molecule has 5 aromatic carbocycles. The van der Waals surface area contributed by atoms with E-state index in [2.05, 4.69) is 25.6 Å². The molecule has 0 atom stereocenters. The quantitative estimate of drug-likeness (QED) is 0.0966. The SMILES string of the molecule is Cc1nn(-c2ccccc2)c([O-])c1N=Nc1cc([N+](=O)[O-])ccc1[O-].O=[N+]([O-])c1ccc(O)c(N=Nc2c(O)ccc3ccccc23)c1.[Co+3]. The van der Waals surface area contributed by atoms with E-state index in [1.807, 2.05) is 18.2 Å². The fourth-order valence-corrected chi connectivity index (χ4v) is 4.32. The number of para-hydroxylation sites is 1. The summed E-state index contributed by atoms with van der Waals surface area (Å²) in [7, 11) is 0. The van der Waals surface area contributed by atoms with Gasteiger partial charge in [-0.05, 0) is 36.6 Å². The zero-order valence-corrected chi connectivity index (χ0v) is 26.1. The summed E-state index contributed by atoms with van der Waals surface area (Å²) in [6, 6.07) is 25.9. The average Bonchev–Trinajstić information content (AvgIpc) is 3.37. The van der Waals surface area contributed by atoms with Crippen LogP contribution in [0.5, 0.6) is 23.1 Å². The number of nitro benzene ring substituents is 2. The minimum Gasteiger partial charge on any atom is -0.871 e. The number of nitrogens with zero attached hydrogens (tertiary/aromatic N) is 8. The molecule has 0 fully saturated rings. The van der Waals surface area contributed by atoms with Crippen molar-refractivity contribution in [2.45, 2.75) is 6.92 Å². The number of benzene rings is 5. The van der Waals surface area contributed by atoms with E-state index in [9.17, 15) is 40.7 Å². The summed E-state index contributed by atoms with van der Waals surface area (Å²) >= 11 is 0. The van der Waals surface area contributed by atoms with Crippen molar-refractivity contribution in [3.05, 3.63) is 129 Å². The first-order valence-corrected chi connectivity index (χ1v) is 13.8. The van der Waals surface area contributed by atoms with Crippen molar-refractivity contribution in [2.75, 3.05) is 0 Å². The van der Waals surface area contributed by atoms with Gasteiger partial charge in [0.25, 0.3) is 11.4 Å². The Morgan fingerprint density at radius 3 is 1.94 bits per heavy atom. The molecule has 6 rings (SSSR count). The maximum atomic E-state index is 12.4. The Morgan fingerprint density at radius 1 is 0.673 bits per heavy atom. The van der Waals surface area contributed by atoms with Gasteiger partial charge in [0, 0.05) is 35.5 Å². The molecule has 0 saturated carbocycles. The molecule has 0 bridgehead atoms. The minimum absolute atomic E-state index is 0. The van der Waals surface area contributed by atoms with Crippen molar-refractivity contribution in [3.8, 4) is 28.8 Å². The topological polar surface area (TPSA) is 240 Å². The summed E-state index contributed by atoms with van der Waals surface area (Å²) in [5.74, 6) is -1.34. The molecule has 1 heterocycles. The average molecular weight is 706 g/mol. The van der Waals surface area contributed by atoms with Gasteiger partial charge in [-0.15, -0.1) is 15.3 Å². The summed E-state index contributed by atoms with van der Waals surface area (Å²) in [5, 5.41) is 86.4. The van der Waals surface area contributed by atoms with E-state index >= 15 is 0 Å². The number of fused-ring (bicyclic) bond motifs is 1. The molecule has 0 aliphatic heterocycles. The molecule has 2 N–H and O–H groups in total. The van der Waals surface area contributed by atoms with E-state index in [0.717, 1.165) is 29.7 Å². The molecule has 246 valence electrons. The Hall–Kier alpha value is -6.72. The van der Waals surface area contributed by atoms with Crippen LogP contribution < -0.4 is 10.2 Å². The molecule has 17 heteroatoms. The number of non-ortho nitro benzene ring substituents is 2. The number of hydrogen-bond acceptors (Lipinski definition) is 13. The van der Waals surface area contributed by atoms with Gasteiger partial charge in [0.05, 0.1) is 26.9 Å². The molecule has 6 aromatic rings. The van der Waals surface area contributed by atoms with Gasteiger partial charge in [-0.2, -0.15) is 10.2 Å². The van der Waals surface area contributed by atoms with Gasteiger partial charge in [-0.25, -0.2) is 4.68 Å². The van der Waals surface area contributed by atoms with Crippen molar-refractivity contribution in [1.82, 2.24) is 9.78 Å². The van der Waals surface area contributed by atoms with E-state index < -0.39 is 21.5 Å². The summed E-state index contributed by atoms with van der Waals surface area (Å²) < 4.78 is 1.18. The van der Waals surface area contributed by atoms with Crippen molar-refractivity contribution >= 4 is 44.9 Å². The van der Waals surface area contributed by atoms with Crippen LogP contribution in [-0.4, -0.2) is 29.8 Å². The van der Waals surface area contributed by atoms with Gasteiger partial charge >= 0.3 is 16.8 Å². The number of phenols is 2. The molecule has 1 aromatic heterocycles. The van der Waals surface area contributed by atoms with Crippen LogP contribution in [0.1, 0.15) is 5.69 Å². The normalized spacial score (nSPS) is 10.9. The number of aryl methyl sites for hydroxylation is 1. The van der Waals surface area contributed by atoms with Crippen LogP contribution in [0.15, 0.2) is 124 Å². The molecule has 0 aliphatic carbocycles. The second-order valence-electron chi connectivity index (χ2n) is 9.88. The number of hydrogen-bond donors (Lipinski definition) is 2. The standard InChI is InChI=1S/C16H13N5O4.C16H11N3O4.Co/c1-10-15(16(23)20(19-10)11-5-3-2-4-6-11)18-17-13-9-12(21(24)25)7-8-14(13)22;20-14-8-6-11(19(22)23)9-13(14)17-18-16-12-4-2-1-3-10(12)5-7-15(16)21;/h2-9,22-23H,1H3;1-9,20-21H;/q;;+3/p-2. The Kier molecular flexibility index (Phi) is 10.9. The number of rotatable bonds is 7. The Balaban J connectivity index is 0.000000217. The summed E-state index contributed by atoms with van der Waals surface area (Å²) in [4.78, 5) is 20.3. The molecule has 0 amide bonds. The third-order valence-corrected chi connectivity index (χ3v) is 6.71. The first-order chi connectivity index (χ1) is 23.0. The summed E-state index contributed by atoms with van der Waals surface area (Å²) in [5.41, 5.74) is 0.328. The van der Waals surface area contributed by atoms with Crippen LogP contribution >= 0.6 is 0 Å². The first kappa shape index (κ1) is 35.1. The molecular formula is C32H22CoN8O8+. The largest absolute Gasteiger partial charge is 3.00 e. The maximum absolute atomic E-state index is 12.4. The molecular weight excluding hydrogens is 683 g/mol. The fourth-order valence-electron chi connectivity index (χ4n) is 4.32.